The first-order valence-electron chi connectivity index (χ1n) is 10.8. The van der Waals surface area contributed by atoms with Gasteiger partial charge in [-0.15, -0.1) is 0 Å². The first kappa shape index (κ1) is 20.9. The van der Waals surface area contributed by atoms with Crippen molar-refractivity contribution in [2.75, 3.05) is 18.4 Å². The molecule has 4 rings (SSSR count). The van der Waals surface area contributed by atoms with Gasteiger partial charge in [0.05, 0.1) is 28.2 Å². The van der Waals surface area contributed by atoms with Gasteiger partial charge in [-0.2, -0.15) is 0 Å². The van der Waals surface area contributed by atoms with Gasteiger partial charge in [-0.1, -0.05) is 36.6 Å². The Labute approximate surface area is 183 Å². The zero-order valence-corrected chi connectivity index (χ0v) is 18.5. The van der Waals surface area contributed by atoms with Gasteiger partial charge in [-0.25, -0.2) is 4.98 Å². The Morgan fingerprint density at radius 1 is 1.10 bits per heavy atom. The number of halogens is 1. The third-order valence-electron chi connectivity index (χ3n) is 5.72. The van der Waals surface area contributed by atoms with Crippen LogP contribution in [0.5, 0.6) is 0 Å². The lowest BCUT2D eigenvalue weighted by molar-refractivity contribution is 0.102. The van der Waals surface area contributed by atoms with Crippen molar-refractivity contribution in [1.29, 1.82) is 0 Å². The third-order valence-corrected chi connectivity index (χ3v) is 6.05. The Bertz CT molecular complexity index is 1030. The first-order chi connectivity index (χ1) is 14.5. The molecule has 0 saturated carbocycles. The number of carbonyl (C=O) groups excluding carboxylic acids is 1. The van der Waals surface area contributed by atoms with Crippen LogP contribution in [0.25, 0.3) is 11.0 Å². The van der Waals surface area contributed by atoms with Crippen molar-refractivity contribution in [2.45, 2.75) is 52.1 Å². The number of anilines is 1. The van der Waals surface area contributed by atoms with Crippen molar-refractivity contribution in [1.82, 2.24) is 14.5 Å². The van der Waals surface area contributed by atoms with Crippen molar-refractivity contribution in [3.05, 3.63) is 58.9 Å². The van der Waals surface area contributed by atoms with Crippen LogP contribution in [0.2, 0.25) is 5.02 Å². The Balaban J connectivity index is 1.60. The molecule has 0 unspecified atom stereocenters. The predicted molar refractivity (Wildman–Crippen MR) is 123 cm³/mol. The van der Waals surface area contributed by atoms with Crippen LogP contribution in [-0.4, -0.2) is 33.4 Å². The van der Waals surface area contributed by atoms with Crippen molar-refractivity contribution >= 4 is 34.2 Å². The number of hydrogen-bond acceptors (Lipinski definition) is 3. The zero-order valence-electron chi connectivity index (χ0n) is 17.7. The summed E-state index contributed by atoms with van der Waals surface area (Å²) in [4.78, 5) is 20.1. The van der Waals surface area contributed by atoms with Gasteiger partial charge in [-0.3, -0.25) is 9.69 Å². The van der Waals surface area contributed by atoms with E-state index in [1.165, 1.54) is 25.7 Å². The summed E-state index contributed by atoms with van der Waals surface area (Å²) in [6.45, 7) is 7.54. The molecule has 1 fully saturated rings. The topological polar surface area (TPSA) is 50.2 Å². The molecule has 0 aliphatic carbocycles. The molecule has 2 aromatic carbocycles. The first-order valence-corrected chi connectivity index (χ1v) is 11.2. The number of likely N-dealkylation sites (tertiary alicyclic amines) is 1. The monoisotopic (exact) mass is 424 g/mol. The lowest BCUT2D eigenvalue weighted by Crippen LogP contribution is -2.26. The summed E-state index contributed by atoms with van der Waals surface area (Å²) in [5.74, 6) is 0.879. The minimum atomic E-state index is -0.215. The summed E-state index contributed by atoms with van der Waals surface area (Å²) in [6, 6.07) is 13.3. The summed E-state index contributed by atoms with van der Waals surface area (Å²) in [7, 11) is 0. The normalized spacial score (nSPS) is 15.5. The fourth-order valence-corrected chi connectivity index (χ4v) is 4.47. The molecule has 1 aromatic heterocycles. The number of nitrogens with one attached hydrogen (secondary N) is 1. The molecule has 0 bridgehead atoms. The maximum atomic E-state index is 12.6. The van der Waals surface area contributed by atoms with E-state index in [4.69, 9.17) is 16.6 Å². The summed E-state index contributed by atoms with van der Waals surface area (Å²) in [5, 5.41) is 3.40. The second kappa shape index (κ2) is 9.19. The van der Waals surface area contributed by atoms with Gasteiger partial charge in [0.2, 0.25) is 0 Å². The Hall–Kier alpha value is -2.37. The maximum absolute atomic E-state index is 12.6. The van der Waals surface area contributed by atoms with Gasteiger partial charge in [0.25, 0.3) is 5.91 Å². The molecule has 158 valence electrons. The molecular weight excluding hydrogens is 396 g/mol. The molecule has 1 amide bonds. The van der Waals surface area contributed by atoms with E-state index < -0.39 is 0 Å². The zero-order chi connectivity index (χ0) is 21.1. The van der Waals surface area contributed by atoms with Gasteiger partial charge in [0.15, 0.2) is 0 Å². The summed E-state index contributed by atoms with van der Waals surface area (Å²) in [6.07, 6.45) is 5.18. The molecule has 1 aliphatic heterocycles. The lowest BCUT2D eigenvalue weighted by atomic mass is 10.2. The van der Waals surface area contributed by atoms with E-state index in [2.05, 4.69) is 34.7 Å². The standard InChI is InChI=1S/C24H29ClN4O/c1-17(2)29-22-12-11-18(26-24(30)19-9-5-6-10-20(19)25)15-21(22)27-23(29)16-28-13-7-3-4-8-14-28/h5-6,9-12,15,17H,3-4,7-8,13-14,16H2,1-2H3,(H,26,30). The number of rotatable bonds is 5. The number of amides is 1. The highest BCUT2D eigenvalue weighted by molar-refractivity contribution is 6.34. The van der Waals surface area contributed by atoms with Crippen molar-refractivity contribution in [3.63, 3.8) is 0 Å². The molecule has 5 nitrogen and oxygen atoms in total. The van der Waals surface area contributed by atoms with Crippen LogP contribution in [-0.2, 0) is 6.54 Å². The minimum absolute atomic E-state index is 0.215. The molecule has 30 heavy (non-hydrogen) atoms. The molecule has 3 aromatic rings. The fourth-order valence-electron chi connectivity index (χ4n) is 4.25. The van der Waals surface area contributed by atoms with E-state index in [0.717, 1.165) is 42.2 Å². The highest BCUT2D eigenvalue weighted by atomic mass is 35.5. The average molecular weight is 425 g/mol. The Kier molecular flexibility index (Phi) is 6.40. The molecule has 1 saturated heterocycles. The lowest BCUT2D eigenvalue weighted by Gasteiger charge is -2.21. The van der Waals surface area contributed by atoms with Gasteiger partial charge in [-0.05, 0) is 70.1 Å². The van der Waals surface area contributed by atoms with Crippen molar-refractivity contribution in [3.8, 4) is 0 Å². The van der Waals surface area contributed by atoms with Crippen LogP contribution in [0.4, 0.5) is 5.69 Å². The van der Waals surface area contributed by atoms with Crippen molar-refractivity contribution in [2.24, 2.45) is 0 Å². The number of imidazole rings is 1. The number of nitrogens with zero attached hydrogens (tertiary/aromatic N) is 3. The SMILES string of the molecule is CC(C)n1c(CN2CCCCCC2)nc2cc(NC(=O)c3ccccc3Cl)ccc21. The van der Waals surface area contributed by atoms with Crippen LogP contribution >= 0.6 is 11.6 Å². The van der Waals surface area contributed by atoms with Crippen molar-refractivity contribution < 1.29 is 4.79 Å². The largest absolute Gasteiger partial charge is 0.324 e. The molecule has 1 N–H and O–H groups in total. The third kappa shape index (κ3) is 4.52. The highest BCUT2D eigenvalue weighted by Gasteiger charge is 2.18. The Morgan fingerprint density at radius 2 is 1.83 bits per heavy atom. The molecule has 0 spiro atoms. The van der Waals surface area contributed by atoms with Crippen LogP contribution < -0.4 is 5.32 Å². The molecule has 0 radical (unpaired) electrons. The number of hydrogen-bond donors (Lipinski definition) is 1. The molecule has 2 heterocycles. The van der Waals surface area contributed by atoms with Crippen LogP contribution in [0.1, 0.15) is 61.8 Å². The van der Waals surface area contributed by atoms with E-state index in [-0.39, 0.29) is 5.91 Å². The number of carbonyl (C=O) groups is 1. The van der Waals surface area contributed by atoms with Gasteiger partial charge in [0, 0.05) is 11.7 Å². The second-order valence-electron chi connectivity index (χ2n) is 8.32. The Morgan fingerprint density at radius 3 is 2.53 bits per heavy atom. The smallest absolute Gasteiger partial charge is 0.257 e. The number of fused-ring (bicyclic) bond motifs is 1. The van der Waals surface area contributed by atoms with Gasteiger partial charge < -0.3 is 9.88 Å². The van der Waals surface area contributed by atoms with Crippen LogP contribution in [0.3, 0.4) is 0 Å². The molecule has 1 aliphatic rings. The van der Waals surface area contributed by atoms with E-state index >= 15 is 0 Å². The number of aromatic nitrogens is 2. The van der Waals surface area contributed by atoms with Crippen LogP contribution in [0, 0.1) is 0 Å². The van der Waals surface area contributed by atoms with Gasteiger partial charge >= 0.3 is 0 Å². The quantitative estimate of drug-likeness (QED) is 0.554. The van der Waals surface area contributed by atoms with Crippen LogP contribution in [0.15, 0.2) is 42.5 Å². The number of benzene rings is 2. The van der Waals surface area contributed by atoms with E-state index in [1.807, 2.05) is 24.3 Å². The average Bonchev–Trinajstić information content (AvgIpc) is 2.87. The van der Waals surface area contributed by atoms with E-state index in [1.54, 1.807) is 12.1 Å². The summed E-state index contributed by atoms with van der Waals surface area (Å²) < 4.78 is 2.32. The van der Waals surface area contributed by atoms with Gasteiger partial charge in [0.1, 0.15) is 5.82 Å². The fraction of sp³-hybridized carbons (Fsp3) is 0.417. The summed E-state index contributed by atoms with van der Waals surface area (Å²) >= 11 is 6.16. The molecule has 6 heteroatoms. The maximum Gasteiger partial charge on any atom is 0.257 e. The summed E-state index contributed by atoms with van der Waals surface area (Å²) in [5.41, 5.74) is 3.20. The molecular formula is C24H29ClN4O. The molecule has 0 atom stereocenters. The minimum Gasteiger partial charge on any atom is -0.324 e. The van der Waals surface area contributed by atoms with E-state index in [0.29, 0.717) is 16.6 Å². The van der Waals surface area contributed by atoms with E-state index in [9.17, 15) is 4.79 Å². The second-order valence-corrected chi connectivity index (χ2v) is 8.73. The highest BCUT2D eigenvalue weighted by Crippen LogP contribution is 2.26. The predicted octanol–water partition coefficient (Wildman–Crippen LogP) is 5.90.